The minimum Gasteiger partial charge on any atom is -0.477 e. The van der Waals surface area contributed by atoms with Gasteiger partial charge >= 0.3 is 5.97 Å². The highest BCUT2D eigenvalue weighted by molar-refractivity contribution is 7.14. The van der Waals surface area contributed by atoms with Gasteiger partial charge in [-0.1, -0.05) is 0 Å². The molecule has 2 rings (SSSR count). The molecule has 0 atom stereocenters. The molecule has 0 aromatic carbocycles. The van der Waals surface area contributed by atoms with Crippen molar-refractivity contribution in [3.63, 3.8) is 0 Å². The number of hydrogen-bond acceptors (Lipinski definition) is 3. The Bertz CT molecular complexity index is 340. The van der Waals surface area contributed by atoms with Crippen molar-refractivity contribution in [3.8, 4) is 0 Å². The van der Waals surface area contributed by atoms with Crippen molar-refractivity contribution < 1.29 is 9.90 Å². The molecule has 0 amide bonds. The molecule has 0 spiro atoms. The van der Waals surface area contributed by atoms with E-state index in [0.29, 0.717) is 6.42 Å². The monoisotopic (exact) mass is 167 g/mol. The summed E-state index contributed by atoms with van der Waals surface area (Å²) in [6, 6.07) is 1.92. The molecule has 1 aliphatic rings. The fraction of sp³-hybridized carbons (Fsp3) is 0.143. The van der Waals surface area contributed by atoms with Crippen LogP contribution in [0.5, 0.6) is 0 Å². The number of fused-ring (bicyclic) bond motifs is 1. The summed E-state index contributed by atoms with van der Waals surface area (Å²) in [5.41, 5.74) is 1.29. The summed E-state index contributed by atoms with van der Waals surface area (Å²) < 4.78 is 0. The van der Waals surface area contributed by atoms with Crippen LogP contribution < -0.4 is 0 Å². The second kappa shape index (κ2) is 2.17. The number of aliphatic carboxylic acids is 1. The smallest absolute Gasteiger partial charge is 0.350 e. The summed E-state index contributed by atoms with van der Waals surface area (Å²) in [5, 5.41) is 11.4. The Balaban J connectivity index is 2.38. The molecule has 2 heterocycles. The topological polar surface area (TPSA) is 49.7 Å². The maximum Gasteiger partial charge on any atom is 0.350 e. The quantitative estimate of drug-likeness (QED) is 0.688. The maximum absolute atomic E-state index is 10.4. The molecule has 1 aliphatic heterocycles. The molecule has 0 saturated carbocycles. The Kier molecular flexibility index (Phi) is 1.29. The number of aliphatic imine (C=N–C) groups is 1. The molecule has 11 heavy (non-hydrogen) atoms. The number of carboxylic acid groups (broad SMARTS) is 1. The first-order chi connectivity index (χ1) is 5.27. The highest BCUT2D eigenvalue weighted by Crippen LogP contribution is 2.32. The van der Waals surface area contributed by atoms with Gasteiger partial charge in [-0.3, -0.25) is 0 Å². The lowest BCUT2D eigenvalue weighted by molar-refractivity contribution is -0.129. The third-order valence-corrected chi connectivity index (χ3v) is 2.41. The van der Waals surface area contributed by atoms with Crippen LogP contribution in [-0.4, -0.2) is 16.8 Å². The van der Waals surface area contributed by atoms with Crippen molar-refractivity contribution in [2.75, 3.05) is 0 Å². The van der Waals surface area contributed by atoms with Crippen LogP contribution in [0, 0.1) is 0 Å². The minimum absolute atomic E-state index is 0.256. The Hall–Kier alpha value is -1.16. The van der Waals surface area contributed by atoms with Gasteiger partial charge in [0.1, 0.15) is 10.7 Å². The molecule has 4 heteroatoms. The molecule has 3 nitrogen and oxygen atoms in total. The van der Waals surface area contributed by atoms with Crippen molar-refractivity contribution >= 4 is 28.0 Å². The zero-order chi connectivity index (χ0) is 7.84. The summed E-state index contributed by atoms with van der Waals surface area (Å²) in [5.74, 6) is -0.909. The van der Waals surface area contributed by atoms with Crippen molar-refractivity contribution in [2.45, 2.75) is 6.42 Å². The van der Waals surface area contributed by atoms with Crippen molar-refractivity contribution in [2.24, 2.45) is 4.99 Å². The lowest BCUT2D eigenvalue weighted by Gasteiger charge is -1.87. The average molecular weight is 167 g/mol. The third-order valence-electron chi connectivity index (χ3n) is 1.56. The molecule has 0 radical (unpaired) electrons. The second-order valence-electron chi connectivity index (χ2n) is 2.29. The van der Waals surface area contributed by atoms with Gasteiger partial charge in [0, 0.05) is 6.42 Å². The minimum atomic E-state index is -0.909. The highest BCUT2D eigenvalue weighted by atomic mass is 32.1. The summed E-state index contributed by atoms with van der Waals surface area (Å²) in [7, 11) is 0. The van der Waals surface area contributed by atoms with E-state index in [4.69, 9.17) is 5.11 Å². The number of rotatable bonds is 1. The van der Waals surface area contributed by atoms with Gasteiger partial charge in [-0.15, -0.1) is 11.3 Å². The van der Waals surface area contributed by atoms with E-state index in [1.807, 2.05) is 11.4 Å². The zero-order valence-electron chi connectivity index (χ0n) is 5.57. The normalized spacial score (nSPS) is 14.4. The van der Waals surface area contributed by atoms with E-state index in [0.717, 1.165) is 10.6 Å². The molecular formula is C7H5NO2S. The average Bonchev–Trinajstić information content (AvgIpc) is 2.40. The van der Waals surface area contributed by atoms with Gasteiger partial charge in [0.15, 0.2) is 0 Å². The predicted molar refractivity (Wildman–Crippen MR) is 42.8 cm³/mol. The fourth-order valence-corrected chi connectivity index (χ4v) is 1.84. The molecule has 0 fully saturated rings. The third kappa shape index (κ3) is 0.952. The standard InChI is InChI=1S/C7H5NO2S/c9-7(10)5-3-4-1-2-11-6(4)8-5/h1-2H,3H2,(H,9,10). The molecule has 1 aromatic rings. The maximum atomic E-state index is 10.4. The van der Waals surface area contributed by atoms with Crippen LogP contribution in [0.15, 0.2) is 16.4 Å². The van der Waals surface area contributed by atoms with Crippen molar-refractivity contribution in [3.05, 3.63) is 17.0 Å². The Labute approximate surface area is 67.0 Å². The van der Waals surface area contributed by atoms with Crippen LogP contribution in [-0.2, 0) is 11.2 Å². The first kappa shape index (κ1) is 6.54. The first-order valence-corrected chi connectivity index (χ1v) is 4.02. The van der Waals surface area contributed by atoms with Gasteiger partial charge in [0.05, 0.1) is 0 Å². The molecule has 56 valence electrons. The van der Waals surface area contributed by atoms with Crippen LogP contribution in [0.25, 0.3) is 0 Å². The van der Waals surface area contributed by atoms with Crippen LogP contribution in [0.1, 0.15) is 5.56 Å². The predicted octanol–water partition coefficient (Wildman–Crippen LogP) is 1.46. The molecule has 0 aliphatic carbocycles. The lowest BCUT2D eigenvalue weighted by Crippen LogP contribution is -2.11. The van der Waals surface area contributed by atoms with Gasteiger partial charge in [0.25, 0.3) is 0 Å². The van der Waals surface area contributed by atoms with Gasteiger partial charge in [0.2, 0.25) is 0 Å². The highest BCUT2D eigenvalue weighted by Gasteiger charge is 2.20. The van der Waals surface area contributed by atoms with Gasteiger partial charge in [-0.25, -0.2) is 9.79 Å². The largest absolute Gasteiger partial charge is 0.477 e. The Morgan fingerprint density at radius 1 is 1.73 bits per heavy atom. The van der Waals surface area contributed by atoms with E-state index < -0.39 is 5.97 Å². The Morgan fingerprint density at radius 3 is 3.18 bits per heavy atom. The molecule has 0 bridgehead atoms. The number of nitrogens with zero attached hydrogens (tertiary/aromatic N) is 1. The fourth-order valence-electron chi connectivity index (χ4n) is 1.03. The number of carboxylic acids is 1. The summed E-state index contributed by atoms with van der Waals surface area (Å²) >= 11 is 1.48. The van der Waals surface area contributed by atoms with E-state index >= 15 is 0 Å². The van der Waals surface area contributed by atoms with E-state index in [1.165, 1.54) is 11.3 Å². The van der Waals surface area contributed by atoms with E-state index in [9.17, 15) is 4.79 Å². The van der Waals surface area contributed by atoms with E-state index in [1.54, 1.807) is 0 Å². The molecule has 1 N–H and O–H groups in total. The van der Waals surface area contributed by atoms with Gasteiger partial charge in [-0.2, -0.15) is 0 Å². The van der Waals surface area contributed by atoms with E-state index in [2.05, 4.69) is 4.99 Å². The van der Waals surface area contributed by atoms with Gasteiger partial charge in [-0.05, 0) is 17.0 Å². The van der Waals surface area contributed by atoms with Crippen LogP contribution in [0.2, 0.25) is 0 Å². The summed E-state index contributed by atoms with van der Waals surface area (Å²) in [6.45, 7) is 0. The van der Waals surface area contributed by atoms with Gasteiger partial charge < -0.3 is 5.11 Å². The molecule has 0 saturated heterocycles. The van der Waals surface area contributed by atoms with Crippen LogP contribution in [0.4, 0.5) is 5.00 Å². The molecular weight excluding hydrogens is 162 g/mol. The second-order valence-corrected chi connectivity index (χ2v) is 3.19. The lowest BCUT2D eigenvalue weighted by atomic mass is 10.2. The summed E-state index contributed by atoms with van der Waals surface area (Å²) in [6.07, 6.45) is 0.480. The molecule has 0 unspecified atom stereocenters. The van der Waals surface area contributed by atoms with Crippen LogP contribution in [0.3, 0.4) is 0 Å². The zero-order valence-corrected chi connectivity index (χ0v) is 6.39. The SMILES string of the molecule is O=C(O)C1=Nc2sccc2C1. The number of thiophene rings is 1. The first-order valence-electron chi connectivity index (χ1n) is 3.14. The molecule has 1 aromatic heterocycles. The number of hydrogen-bond donors (Lipinski definition) is 1. The Morgan fingerprint density at radius 2 is 2.55 bits per heavy atom. The van der Waals surface area contributed by atoms with Crippen molar-refractivity contribution in [1.29, 1.82) is 0 Å². The van der Waals surface area contributed by atoms with Crippen LogP contribution >= 0.6 is 11.3 Å². The summed E-state index contributed by atoms with van der Waals surface area (Å²) in [4.78, 5) is 14.4. The number of carbonyl (C=O) groups is 1. The van der Waals surface area contributed by atoms with Crippen molar-refractivity contribution in [1.82, 2.24) is 0 Å². The van der Waals surface area contributed by atoms with E-state index in [-0.39, 0.29) is 5.71 Å².